The van der Waals surface area contributed by atoms with Crippen LogP contribution in [0, 0.1) is 10.5 Å². The molecule has 2 rings (SSSR count). The summed E-state index contributed by atoms with van der Waals surface area (Å²) in [5.41, 5.74) is 3.97. The van der Waals surface area contributed by atoms with Crippen LogP contribution in [-0.2, 0) is 0 Å². The van der Waals surface area contributed by atoms with E-state index in [-0.39, 0.29) is 6.04 Å². The molecule has 1 aromatic heterocycles. The second-order valence-electron chi connectivity index (χ2n) is 3.87. The second-order valence-corrected chi connectivity index (χ2v) is 6.55. The second kappa shape index (κ2) is 5.82. The number of benzene rings is 1. The number of thiophene rings is 1. The molecule has 0 radical (unpaired) electrons. The summed E-state index contributed by atoms with van der Waals surface area (Å²) in [4.78, 5) is 0. The van der Waals surface area contributed by atoms with Gasteiger partial charge in [0.2, 0.25) is 0 Å². The van der Waals surface area contributed by atoms with Gasteiger partial charge in [-0.15, -0.1) is 0 Å². The Kier molecular flexibility index (Phi) is 4.63. The summed E-state index contributed by atoms with van der Waals surface area (Å²) in [5, 5.41) is 7.73. The van der Waals surface area contributed by atoms with E-state index in [0.29, 0.717) is 0 Å². The number of nitrogens with one attached hydrogen (secondary N) is 1. The molecular weight excluding hydrogens is 409 g/mol. The third-order valence-electron chi connectivity index (χ3n) is 2.77. The van der Waals surface area contributed by atoms with Crippen LogP contribution in [0.25, 0.3) is 0 Å². The Morgan fingerprint density at radius 2 is 2.06 bits per heavy atom. The maximum Gasteiger partial charge on any atom is 0.0604 e. The molecule has 1 unspecified atom stereocenters. The fraction of sp³-hybridized carbons (Fsp3) is 0.231. The fourth-order valence-electron chi connectivity index (χ4n) is 1.87. The molecule has 0 spiro atoms. The summed E-state index contributed by atoms with van der Waals surface area (Å²) in [6, 6.07) is 6.72. The zero-order chi connectivity index (χ0) is 12.4. The van der Waals surface area contributed by atoms with Crippen molar-refractivity contribution in [3.63, 3.8) is 0 Å². The summed E-state index contributed by atoms with van der Waals surface area (Å²) < 4.78 is 2.52. The number of aryl methyl sites for hydroxylation is 1. The van der Waals surface area contributed by atoms with E-state index in [0.717, 1.165) is 0 Å². The van der Waals surface area contributed by atoms with Gasteiger partial charge in [-0.05, 0) is 74.6 Å². The molecule has 0 amide bonds. The Hall–Kier alpha value is 0.0900. The number of rotatable bonds is 3. The van der Waals surface area contributed by atoms with E-state index in [1.807, 2.05) is 7.05 Å². The summed E-state index contributed by atoms with van der Waals surface area (Å²) in [5.74, 6) is 0. The van der Waals surface area contributed by atoms with Gasteiger partial charge in [-0.25, -0.2) is 0 Å². The molecule has 90 valence electrons. The zero-order valence-corrected chi connectivity index (χ0v) is 14.2. The lowest BCUT2D eigenvalue weighted by Crippen LogP contribution is -2.18. The van der Waals surface area contributed by atoms with E-state index in [4.69, 9.17) is 0 Å². The maximum absolute atomic E-state index is 3.62. The van der Waals surface area contributed by atoms with E-state index < -0.39 is 0 Å². The predicted octanol–water partition coefficient (Wildman–Crippen LogP) is 4.73. The van der Waals surface area contributed by atoms with Gasteiger partial charge in [0.05, 0.1) is 6.04 Å². The largest absolute Gasteiger partial charge is 0.309 e. The Morgan fingerprint density at radius 1 is 1.29 bits per heavy atom. The number of halogens is 2. The Morgan fingerprint density at radius 3 is 2.65 bits per heavy atom. The van der Waals surface area contributed by atoms with Gasteiger partial charge in [0.25, 0.3) is 0 Å². The van der Waals surface area contributed by atoms with Crippen molar-refractivity contribution in [1.82, 2.24) is 5.32 Å². The Bertz CT molecular complexity index is 524. The molecule has 0 saturated heterocycles. The van der Waals surface area contributed by atoms with E-state index >= 15 is 0 Å². The molecule has 4 heteroatoms. The van der Waals surface area contributed by atoms with Crippen molar-refractivity contribution in [3.8, 4) is 0 Å². The molecule has 0 aliphatic heterocycles. The van der Waals surface area contributed by atoms with Crippen LogP contribution < -0.4 is 5.32 Å². The normalized spacial score (nSPS) is 12.7. The van der Waals surface area contributed by atoms with Crippen LogP contribution in [0.15, 0.2) is 33.4 Å². The topological polar surface area (TPSA) is 12.0 Å². The van der Waals surface area contributed by atoms with Gasteiger partial charge in [0, 0.05) is 13.4 Å². The van der Waals surface area contributed by atoms with Crippen molar-refractivity contribution in [1.29, 1.82) is 0 Å². The minimum absolute atomic E-state index is 0.252. The zero-order valence-electron chi connectivity index (χ0n) is 9.63. The van der Waals surface area contributed by atoms with Gasteiger partial charge < -0.3 is 5.32 Å². The molecule has 17 heavy (non-hydrogen) atoms. The lowest BCUT2D eigenvalue weighted by molar-refractivity contribution is 0.687. The third-order valence-corrected chi connectivity index (χ3v) is 6.00. The van der Waals surface area contributed by atoms with Crippen LogP contribution >= 0.6 is 49.9 Å². The smallest absolute Gasteiger partial charge is 0.0604 e. The first-order valence-corrected chi connectivity index (χ1v) is 8.10. The van der Waals surface area contributed by atoms with Crippen molar-refractivity contribution < 1.29 is 0 Å². The number of hydrogen-bond acceptors (Lipinski definition) is 2. The first-order valence-electron chi connectivity index (χ1n) is 5.29. The molecule has 2 aromatic rings. The average Bonchev–Trinajstić information content (AvgIpc) is 2.72. The molecule has 0 aliphatic rings. The highest BCUT2D eigenvalue weighted by atomic mass is 127. The summed E-state index contributed by atoms with van der Waals surface area (Å²) in [6.07, 6.45) is 0. The van der Waals surface area contributed by atoms with Gasteiger partial charge in [-0.3, -0.25) is 0 Å². The predicted molar refractivity (Wildman–Crippen MR) is 86.8 cm³/mol. The van der Waals surface area contributed by atoms with Gasteiger partial charge in [-0.1, -0.05) is 18.2 Å². The summed E-state index contributed by atoms with van der Waals surface area (Å²) >= 11 is 7.77. The molecule has 0 fully saturated rings. The summed E-state index contributed by atoms with van der Waals surface area (Å²) in [6.45, 7) is 2.15. The van der Waals surface area contributed by atoms with Crippen LogP contribution in [0.4, 0.5) is 0 Å². The first kappa shape index (κ1) is 13.5. The Labute approximate surface area is 128 Å². The van der Waals surface area contributed by atoms with Gasteiger partial charge in [-0.2, -0.15) is 11.3 Å². The van der Waals surface area contributed by atoms with Crippen LogP contribution in [0.3, 0.4) is 0 Å². The highest BCUT2D eigenvalue weighted by molar-refractivity contribution is 14.1. The highest BCUT2D eigenvalue weighted by Crippen LogP contribution is 2.34. The lowest BCUT2D eigenvalue weighted by atomic mass is 10.00. The van der Waals surface area contributed by atoms with Gasteiger partial charge in [0.1, 0.15) is 0 Å². The van der Waals surface area contributed by atoms with Crippen LogP contribution in [-0.4, -0.2) is 7.05 Å². The van der Waals surface area contributed by atoms with Crippen molar-refractivity contribution >= 4 is 49.9 Å². The standard InChI is InChI=1S/C13H13BrINS/c1-8-4-3-5-9(12(8)15)13(16-2)10-6-17-7-11(10)14/h3-7,13,16H,1-2H3. The van der Waals surface area contributed by atoms with Gasteiger partial charge >= 0.3 is 0 Å². The Balaban J connectivity index is 2.50. The van der Waals surface area contributed by atoms with Gasteiger partial charge in [0.15, 0.2) is 0 Å². The van der Waals surface area contributed by atoms with E-state index in [9.17, 15) is 0 Å². The minimum atomic E-state index is 0.252. The van der Waals surface area contributed by atoms with E-state index in [1.54, 1.807) is 11.3 Å². The van der Waals surface area contributed by atoms with Crippen LogP contribution in [0.5, 0.6) is 0 Å². The van der Waals surface area contributed by atoms with Crippen molar-refractivity contribution in [3.05, 3.63) is 53.7 Å². The molecule has 1 N–H and O–H groups in total. The molecule has 1 heterocycles. The molecular formula is C13H13BrINS. The van der Waals surface area contributed by atoms with Crippen molar-refractivity contribution in [2.75, 3.05) is 7.05 Å². The first-order chi connectivity index (χ1) is 8.15. The molecule has 1 atom stereocenters. The molecule has 1 nitrogen and oxygen atoms in total. The maximum atomic E-state index is 3.62. The fourth-order valence-corrected chi connectivity index (χ4v) is 4.09. The monoisotopic (exact) mass is 421 g/mol. The average molecular weight is 422 g/mol. The quantitative estimate of drug-likeness (QED) is 0.706. The van der Waals surface area contributed by atoms with Crippen LogP contribution in [0.1, 0.15) is 22.7 Å². The van der Waals surface area contributed by atoms with Crippen LogP contribution in [0.2, 0.25) is 0 Å². The van der Waals surface area contributed by atoms with E-state index in [2.05, 4.69) is 79.7 Å². The molecule has 0 saturated carbocycles. The minimum Gasteiger partial charge on any atom is -0.309 e. The summed E-state index contributed by atoms with van der Waals surface area (Å²) in [7, 11) is 2.01. The molecule has 1 aromatic carbocycles. The lowest BCUT2D eigenvalue weighted by Gasteiger charge is -2.19. The van der Waals surface area contributed by atoms with Crippen molar-refractivity contribution in [2.45, 2.75) is 13.0 Å². The molecule has 0 aliphatic carbocycles. The highest BCUT2D eigenvalue weighted by Gasteiger charge is 2.18. The third kappa shape index (κ3) is 2.75. The van der Waals surface area contributed by atoms with Crippen molar-refractivity contribution in [2.24, 2.45) is 0 Å². The molecule has 0 bridgehead atoms. The van der Waals surface area contributed by atoms with E-state index in [1.165, 1.54) is 24.7 Å². The number of hydrogen-bond donors (Lipinski definition) is 1. The SMILES string of the molecule is CNC(c1cscc1Br)c1cccc(C)c1I.